The van der Waals surface area contributed by atoms with E-state index in [-0.39, 0.29) is 29.7 Å². The molecule has 1 N–H and O–H groups in total. The van der Waals surface area contributed by atoms with Crippen LogP contribution in [-0.4, -0.2) is 41.2 Å². The molecule has 0 aliphatic carbocycles. The summed E-state index contributed by atoms with van der Waals surface area (Å²) >= 11 is 1.65. The molecule has 0 saturated carbocycles. The first-order valence-corrected chi connectivity index (χ1v) is 9.45. The fourth-order valence-electron chi connectivity index (χ4n) is 3.62. The van der Waals surface area contributed by atoms with E-state index < -0.39 is 5.97 Å². The maximum Gasteiger partial charge on any atom is 0.339 e. The predicted molar refractivity (Wildman–Crippen MR) is 98.6 cm³/mol. The maximum atomic E-state index is 12.9. The van der Waals surface area contributed by atoms with E-state index in [0.717, 1.165) is 12.8 Å². The molecular formula is C19H22N2O4S. The van der Waals surface area contributed by atoms with E-state index in [1.165, 1.54) is 18.9 Å². The average Bonchev–Trinajstić information content (AvgIpc) is 3.33. The van der Waals surface area contributed by atoms with Gasteiger partial charge in [0, 0.05) is 24.0 Å². The molecule has 3 heterocycles. The number of Topliss-reactive ketones (excluding diaryl/α,β-unsaturated/α-hetero) is 1. The molecule has 2 aromatic rings. The lowest BCUT2D eigenvalue weighted by molar-refractivity contribution is -0.131. The Kier molecular flexibility index (Phi) is 5.27. The Morgan fingerprint density at radius 2 is 2.15 bits per heavy atom. The summed E-state index contributed by atoms with van der Waals surface area (Å²) < 4.78 is 4.84. The smallest absolute Gasteiger partial charge is 0.339 e. The predicted octanol–water partition coefficient (Wildman–Crippen LogP) is 3.28. The summed E-state index contributed by atoms with van der Waals surface area (Å²) in [5, 5.41) is 2.01. The maximum absolute atomic E-state index is 12.9. The Bertz CT molecular complexity index is 838. The molecule has 1 aliphatic rings. The molecule has 7 heteroatoms. The summed E-state index contributed by atoms with van der Waals surface area (Å²) in [5.41, 5.74) is 1.62. The van der Waals surface area contributed by atoms with Crippen LogP contribution >= 0.6 is 11.3 Å². The zero-order valence-electron chi connectivity index (χ0n) is 15.1. The number of thiophene rings is 1. The number of carbonyl (C=O) groups is 3. The highest BCUT2D eigenvalue weighted by Gasteiger charge is 2.32. The lowest BCUT2D eigenvalue weighted by Crippen LogP contribution is -2.32. The molecule has 3 rings (SSSR count). The van der Waals surface area contributed by atoms with E-state index in [2.05, 4.69) is 4.98 Å². The number of nitrogens with zero attached hydrogens (tertiary/aromatic N) is 1. The van der Waals surface area contributed by atoms with E-state index >= 15 is 0 Å². The molecule has 1 fully saturated rings. The van der Waals surface area contributed by atoms with E-state index in [1.54, 1.807) is 18.3 Å². The number of H-pyrrole nitrogens is 1. The zero-order valence-corrected chi connectivity index (χ0v) is 15.9. The van der Waals surface area contributed by atoms with Crippen LogP contribution < -0.4 is 0 Å². The summed E-state index contributed by atoms with van der Waals surface area (Å²) in [5.74, 6) is -0.767. The van der Waals surface area contributed by atoms with Gasteiger partial charge in [0.15, 0.2) is 5.78 Å². The van der Waals surface area contributed by atoms with Crippen molar-refractivity contribution in [2.75, 3.05) is 13.7 Å². The molecule has 6 nitrogen and oxygen atoms in total. The number of rotatable bonds is 5. The van der Waals surface area contributed by atoms with Gasteiger partial charge in [-0.05, 0) is 36.8 Å². The van der Waals surface area contributed by atoms with Crippen LogP contribution in [0.3, 0.4) is 0 Å². The lowest BCUT2D eigenvalue weighted by Gasteiger charge is -2.24. The quantitative estimate of drug-likeness (QED) is 0.643. The van der Waals surface area contributed by atoms with Gasteiger partial charge in [-0.25, -0.2) is 4.79 Å². The molecule has 138 valence electrons. The number of esters is 1. The van der Waals surface area contributed by atoms with Crippen molar-refractivity contribution in [3.63, 3.8) is 0 Å². The van der Waals surface area contributed by atoms with Crippen LogP contribution in [0.15, 0.2) is 17.5 Å². The summed E-state index contributed by atoms with van der Waals surface area (Å²) in [6.07, 6.45) is 1.94. The minimum atomic E-state index is -0.537. The third kappa shape index (κ3) is 3.31. The zero-order chi connectivity index (χ0) is 18.8. The van der Waals surface area contributed by atoms with E-state index in [9.17, 15) is 14.4 Å². The number of nitrogens with one attached hydrogen (secondary N) is 1. The van der Waals surface area contributed by atoms with Crippen molar-refractivity contribution >= 4 is 29.0 Å². The summed E-state index contributed by atoms with van der Waals surface area (Å²) in [6, 6.07) is 4.13. The number of hydrogen-bond acceptors (Lipinski definition) is 5. The molecule has 2 aromatic heterocycles. The summed E-state index contributed by atoms with van der Waals surface area (Å²) in [4.78, 5) is 43.0. The van der Waals surface area contributed by atoms with Crippen molar-refractivity contribution in [1.82, 2.24) is 9.88 Å². The first kappa shape index (κ1) is 18.4. The Morgan fingerprint density at radius 1 is 1.38 bits per heavy atom. The number of amides is 1. The molecule has 1 atom stereocenters. The van der Waals surface area contributed by atoms with Gasteiger partial charge in [-0.3, -0.25) is 9.59 Å². The molecule has 1 amide bonds. The number of methoxy groups -OCH3 is 1. The van der Waals surface area contributed by atoms with Crippen molar-refractivity contribution in [3.8, 4) is 0 Å². The van der Waals surface area contributed by atoms with Gasteiger partial charge in [0.25, 0.3) is 0 Å². The van der Waals surface area contributed by atoms with E-state index in [0.29, 0.717) is 23.5 Å². The normalized spacial score (nSPS) is 16.7. The topological polar surface area (TPSA) is 79.5 Å². The number of likely N-dealkylation sites (tertiary alicyclic amines) is 1. The second kappa shape index (κ2) is 7.45. The second-order valence-corrected chi connectivity index (χ2v) is 7.44. The lowest BCUT2D eigenvalue weighted by atomic mass is 10.1. The van der Waals surface area contributed by atoms with E-state index in [1.807, 2.05) is 22.4 Å². The molecule has 0 bridgehead atoms. The molecule has 1 saturated heterocycles. The van der Waals surface area contributed by atoms with Gasteiger partial charge in [-0.2, -0.15) is 0 Å². The molecule has 1 unspecified atom stereocenters. The number of ketones is 1. The SMILES string of the molecule is COC(=O)c1c(CC(=O)N2CCCC2c2cccs2)[nH]c(C(C)=O)c1C. The Hall–Kier alpha value is -2.41. The van der Waals surface area contributed by atoms with Gasteiger partial charge in [0.2, 0.25) is 5.91 Å². The minimum Gasteiger partial charge on any atom is -0.465 e. The average molecular weight is 374 g/mol. The summed E-state index contributed by atoms with van der Waals surface area (Å²) in [7, 11) is 1.29. The van der Waals surface area contributed by atoms with Gasteiger partial charge in [0.05, 0.1) is 30.8 Å². The van der Waals surface area contributed by atoms with Crippen molar-refractivity contribution < 1.29 is 19.1 Å². The van der Waals surface area contributed by atoms with Crippen LogP contribution in [0.2, 0.25) is 0 Å². The Morgan fingerprint density at radius 3 is 2.77 bits per heavy atom. The molecule has 0 aromatic carbocycles. The molecule has 26 heavy (non-hydrogen) atoms. The summed E-state index contributed by atoms with van der Waals surface area (Å²) in [6.45, 7) is 3.82. The van der Waals surface area contributed by atoms with Crippen molar-refractivity contribution in [3.05, 3.63) is 44.9 Å². The van der Waals surface area contributed by atoms with Crippen LogP contribution in [0.4, 0.5) is 0 Å². The first-order valence-electron chi connectivity index (χ1n) is 8.57. The van der Waals surface area contributed by atoms with Gasteiger partial charge >= 0.3 is 5.97 Å². The number of aromatic nitrogens is 1. The van der Waals surface area contributed by atoms with Crippen molar-refractivity contribution in [1.29, 1.82) is 0 Å². The van der Waals surface area contributed by atoms with Crippen LogP contribution in [-0.2, 0) is 16.0 Å². The fourth-order valence-corrected chi connectivity index (χ4v) is 4.49. The fraction of sp³-hybridized carbons (Fsp3) is 0.421. The van der Waals surface area contributed by atoms with Gasteiger partial charge in [0.1, 0.15) is 0 Å². The number of aromatic amines is 1. The number of ether oxygens (including phenoxy) is 1. The number of carbonyl (C=O) groups excluding carboxylic acids is 3. The highest BCUT2D eigenvalue weighted by atomic mass is 32.1. The standard InChI is InChI=1S/C19H22N2O4S/c1-11-17(19(24)25-3)13(20-18(11)12(2)22)10-16(23)21-8-4-6-14(21)15-7-5-9-26-15/h5,7,9,14,20H,4,6,8,10H2,1-3H3. The highest BCUT2D eigenvalue weighted by Crippen LogP contribution is 2.35. The molecule has 1 aliphatic heterocycles. The highest BCUT2D eigenvalue weighted by molar-refractivity contribution is 7.10. The molecular weight excluding hydrogens is 352 g/mol. The Balaban J connectivity index is 1.88. The van der Waals surface area contributed by atoms with Gasteiger partial charge in [-0.1, -0.05) is 6.07 Å². The van der Waals surface area contributed by atoms with Crippen molar-refractivity contribution in [2.24, 2.45) is 0 Å². The van der Waals surface area contributed by atoms with Crippen LogP contribution in [0.25, 0.3) is 0 Å². The largest absolute Gasteiger partial charge is 0.465 e. The molecule has 0 spiro atoms. The van der Waals surface area contributed by atoms with Gasteiger partial charge in [-0.15, -0.1) is 11.3 Å². The Labute approximate surface area is 156 Å². The number of hydrogen-bond donors (Lipinski definition) is 1. The third-order valence-corrected chi connectivity index (χ3v) is 5.82. The van der Waals surface area contributed by atoms with Gasteiger partial charge < -0.3 is 14.6 Å². The monoisotopic (exact) mass is 374 g/mol. The second-order valence-electron chi connectivity index (χ2n) is 6.46. The van der Waals surface area contributed by atoms with Crippen molar-refractivity contribution in [2.45, 2.75) is 39.2 Å². The third-order valence-electron chi connectivity index (χ3n) is 4.84. The molecule has 0 radical (unpaired) electrons. The van der Waals surface area contributed by atoms with Crippen LogP contribution in [0.1, 0.15) is 62.8 Å². The van der Waals surface area contributed by atoms with E-state index in [4.69, 9.17) is 4.74 Å². The van der Waals surface area contributed by atoms with Crippen LogP contribution in [0, 0.1) is 6.92 Å². The minimum absolute atomic E-state index is 0.0421. The van der Waals surface area contributed by atoms with Crippen LogP contribution in [0.5, 0.6) is 0 Å². The first-order chi connectivity index (χ1) is 12.4.